The molecule has 5 nitrogen and oxygen atoms in total. The lowest BCUT2D eigenvalue weighted by Gasteiger charge is -2.22. The molecule has 2 rings (SSSR count). The zero-order chi connectivity index (χ0) is 10.5. The minimum absolute atomic E-state index is 0. The first-order chi connectivity index (χ1) is 7.36. The van der Waals surface area contributed by atoms with Crippen LogP contribution in [0.3, 0.4) is 0 Å². The van der Waals surface area contributed by atoms with Crippen molar-refractivity contribution >= 4 is 5.91 Å². The molecule has 15 heavy (non-hydrogen) atoms. The van der Waals surface area contributed by atoms with Gasteiger partial charge in [0.2, 0.25) is 0 Å². The molecule has 1 fully saturated rings. The molecule has 0 aliphatic carbocycles. The summed E-state index contributed by atoms with van der Waals surface area (Å²) in [5, 5.41) is 3.05. The second-order valence-corrected chi connectivity index (χ2v) is 3.71. The zero-order valence-corrected chi connectivity index (χ0v) is 8.62. The number of nitrogens with one attached hydrogen (secondary N) is 2. The second-order valence-electron chi connectivity index (χ2n) is 3.71. The number of rotatable bonds is 3. The van der Waals surface area contributed by atoms with Gasteiger partial charge in [0.1, 0.15) is 0 Å². The summed E-state index contributed by atoms with van der Waals surface area (Å²) >= 11 is 0. The molecule has 0 aromatic heterocycles. The van der Waals surface area contributed by atoms with E-state index in [9.17, 15) is 4.79 Å². The molecule has 0 aromatic carbocycles. The summed E-state index contributed by atoms with van der Waals surface area (Å²) in [6.45, 7) is 2.08. The maximum atomic E-state index is 11.5. The van der Waals surface area contributed by atoms with Crippen molar-refractivity contribution in [2.75, 3.05) is 19.7 Å². The highest BCUT2D eigenvalue weighted by Crippen LogP contribution is 2.12. The van der Waals surface area contributed by atoms with Crippen molar-refractivity contribution in [1.29, 1.82) is 0 Å². The summed E-state index contributed by atoms with van der Waals surface area (Å²) < 4.78 is 5.32. The van der Waals surface area contributed by atoms with Crippen molar-refractivity contribution in [3.05, 3.63) is 11.6 Å². The van der Waals surface area contributed by atoms with E-state index in [1.54, 1.807) is 0 Å². The third-order valence-corrected chi connectivity index (χ3v) is 2.52. The molecule has 0 spiro atoms. The molecule has 0 bridgehead atoms. The highest BCUT2D eigenvalue weighted by Gasteiger charge is 2.18. The largest absolute Gasteiger partial charge is 0.350 e. The number of hydroxylamine groups is 1. The lowest BCUT2D eigenvalue weighted by Crippen LogP contribution is -2.34. The topological polar surface area (TPSA) is 59.6 Å². The summed E-state index contributed by atoms with van der Waals surface area (Å²) in [5.74, 6) is -0.172. The zero-order valence-electron chi connectivity index (χ0n) is 8.62. The lowest BCUT2D eigenvalue weighted by molar-refractivity contribution is -0.198. The maximum absolute atomic E-state index is 11.5. The Morgan fingerprint density at radius 1 is 1.67 bits per heavy atom. The Morgan fingerprint density at radius 3 is 3.27 bits per heavy atom. The minimum atomic E-state index is -0.280. The van der Waals surface area contributed by atoms with Crippen molar-refractivity contribution in [2.45, 2.75) is 25.6 Å². The standard InChI is InChI=1S/C10H16N2O3.2H2/c13-10(8-4-5-11-7-8)12-15-9-3-1-2-6-14-9;;/h4,9,11H,1-3,5-7H2,(H,12,13);2*1H. The van der Waals surface area contributed by atoms with Crippen LogP contribution in [0.1, 0.15) is 22.1 Å². The molecule has 1 unspecified atom stereocenters. The third kappa shape index (κ3) is 3.02. The highest BCUT2D eigenvalue weighted by molar-refractivity contribution is 5.93. The van der Waals surface area contributed by atoms with Crippen LogP contribution in [0.25, 0.3) is 0 Å². The third-order valence-electron chi connectivity index (χ3n) is 2.52. The first-order valence-corrected chi connectivity index (χ1v) is 5.33. The summed E-state index contributed by atoms with van der Waals surface area (Å²) in [6, 6.07) is 0. The monoisotopic (exact) mass is 216 g/mol. The van der Waals surface area contributed by atoms with Gasteiger partial charge in [-0.2, -0.15) is 0 Å². The van der Waals surface area contributed by atoms with Crippen LogP contribution < -0.4 is 10.8 Å². The van der Waals surface area contributed by atoms with Gasteiger partial charge in [0.15, 0.2) is 6.29 Å². The Kier molecular flexibility index (Phi) is 3.71. The number of carbonyl (C=O) groups is 1. The van der Waals surface area contributed by atoms with Gasteiger partial charge < -0.3 is 10.1 Å². The van der Waals surface area contributed by atoms with Crippen molar-refractivity contribution in [2.24, 2.45) is 0 Å². The van der Waals surface area contributed by atoms with Crippen molar-refractivity contribution in [1.82, 2.24) is 10.8 Å². The smallest absolute Gasteiger partial charge is 0.271 e. The fraction of sp³-hybridized carbons (Fsp3) is 0.700. The van der Waals surface area contributed by atoms with Gasteiger partial charge >= 0.3 is 0 Å². The van der Waals surface area contributed by atoms with Crippen LogP contribution in [0.5, 0.6) is 0 Å². The Morgan fingerprint density at radius 2 is 2.60 bits per heavy atom. The first-order valence-electron chi connectivity index (χ1n) is 5.33. The summed E-state index contributed by atoms with van der Waals surface area (Å²) in [5.41, 5.74) is 3.15. The van der Waals surface area contributed by atoms with E-state index in [-0.39, 0.29) is 15.1 Å². The number of hydrogen-bond acceptors (Lipinski definition) is 4. The van der Waals surface area contributed by atoms with Gasteiger partial charge in [0.05, 0.1) is 0 Å². The van der Waals surface area contributed by atoms with Crippen molar-refractivity contribution in [3.63, 3.8) is 0 Å². The molecular formula is C10H20N2O3. The van der Waals surface area contributed by atoms with Gasteiger partial charge in [-0.3, -0.25) is 4.79 Å². The van der Waals surface area contributed by atoms with Gasteiger partial charge in [-0.05, 0) is 12.8 Å². The molecule has 2 aliphatic heterocycles. The Bertz CT molecular complexity index is 268. The molecule has 1 atom stereocenters. The highest BCUT2D eigenvalue weighted by atomic mass is 16.8. The van der Waals surface area contributed by atoms with Gasteiger partial charge in [-0.1, -0.05) is 6.08 Å². The van der Waals surface area contributed by atoms with E-state index in [2.05, 4.69) is 10.8 Å². The molecule has 2 heterocycles. The van der Waals surface area contributed by atoms with E-state index in [4.69, 9.17) is 9.57 Å². The van der Waals surface area contributed by atoms with Gasteiger partial charge in [-0.25, -0.2) is 10.3 Å². The summed E-state index contributed by atoms with van der Waals surface area (Å²) in [7, 11) is 0. The van der Waals surface area contributed by atoms with E-state index < -0.39 is 0 Å². The van der Waals surface area contributed by atoms with Crippen LogP contribution in [0, 0.1) is 0 Å². The number of hydrogen-bond donors (Lipinski definition) is 2. The predicted octanol–water partition coefficient (Wildman–Crippen LogP) is 0.582. The summed E-state index contributed by atoms with van der Waals surface area (Å²) in [6.07, 6.45) is 4.59. The van der Waals surface area contributed by atoms with E-state index in [1.165, 1.54) is 0 Å². The van der Waals surface area contributed by atoms with Crippen LogP contribution in [0.4, 0.5) is 0 Å². The number of amides is 1. The van der Waals surface area contributed by atoms with Crippen LogP contribution in [0.15, 0.2) is 11.6 Å². The number of ether oxygens (including phenoxy) is 1. The molecule has 2 aliphatic rings. The normalized spacial score (nSPS) is 26.1. The average molecular weight is 216 g/mol. The van der Waals surface area contributed by atoms with E-state index >= 15 is 0 Å². The fourth-order valence-electron chi connectivity index (χ4n) is 1.64. The van der Waals surface area contributed by atoms with Crippen molar-refractivity contribution in [3.8, 4) is 0 Å². The van der Waals surface area contributed by atoms with Crippen LogP contribution in [-0.2, 0) is 14.4 Å². The Labute approximate surface area is 91.7 Å². The molecule has 0 radical (unpaired) electrons. The molecule has 88 valence electrons. The summed E-state index contributed by atoms with van der Waals surface area (Å²) in [4.78, 5) is 16.7. The van der Waals surface area contributed by atoms with Crippen LogP contribution in [-0.4, -0.2) is 31.9 Å². The van der Waals surface area contributed by atoms with Crippen LogP contribution >= 0.6 is 0 Å². The SMILES string of the molecule is O=C(NOC1CCCCO1)C1=CCNC1.[HH].[HH]. The molecule has 0 aromatic rings. The van der Waals surface area contributed by atoms with Gasteiger partial charge in [-0.15, -0.1) is 0 Å². The van der Waals surface area contributed by atoms with Gasteiger partial charge in [0, 0.05) is 34.5 Å². The van der Waals surface area contributed by atoms with E-state index in [0.717, 1.165) is 31.4 Å². The van der Waals surface area contributed by atoms with Crippen molar-refractivity contribution < 1.29 is 17.2 Å². The van der Waals surface area contributed by atoms with Crippen LogP contribution in [0.2, 0.25) is 0 Å². The molecule has 0 saturated carbocycles. The predicted molar refractivity (Wildman–Crippen MR) is 58.0 cm³/mol. The van der Waals surface area contributed by atoms with E-state index in [0.29, 0.717) is 13.2 Å². The Balaban J connectivity index is 0.00000128. The lowest BCUT2D eigenvalue weighted by atomic mass is 10.2. The second kappa shape index (κ2) is 5.25. The molecule has 5 heteroatoms. The minimum Gasteiger partial charge on any atom is -0.350 e. The molecule has 2 N–H and O–H groups in total. The Hall–Kier alpha value is -0.910. The average Bonchev–Trinajstić information content (AvgIpc) is 2.81. The van der Waals surface area contributed by atoms with E-state index in [1.807, 2.05) is 6.08 Å². The molecular weight excluding hydrogens is 196 g/mol. The fourth-order valence-corrected chi connectivity index (χ4v) is 1.64. The van der Waals surface area contributed by atoms with Gasteiger partial charge in [0.25, 0.3) is 5.91 Å². The molecule has 1 amide bonds. The number of carbonyl (C=O) groups excluding carboxylic acids is 1. The maximum Gasteiger partial charge on any atom is 0.271 e. The molecule has 1 saturated heterocycles. The quantitative estimate of drug-likeness (QED) is 0.678. The first kappa shape index (κ1) is 10.6.